The van der Waals surface area contributed by atoms with Crippen LogP contribution in [0.25, 0.3) is 11.0 Å². The van der Waals surface area contributed by atoms with Crippen LogP contribution in [0.5, 0.6) is 0 Å². The van der Waals surface area contributed by atoms with Crippen molar-refractivity contribution in [2.45, 2.75) is 11.9 Å². The van der Waals surface area contributed by atoms with Gasteiger partial charge in [0.2, 0.25) is 0 Å². The lowest BCUT2D eigenvalue weighted by Crippen LogP contribution is -2.46. The number of piperazine rings is 1. The summed E-state index contributed by atoms with van der Waals surface area (Å²) in [4.78, 5) is 13.5. The monoisotopic (exact) mass is 278 g/mol. The molecular weight excluding hydrogens is 260 g/mol. The van der Waals surface area contributed by atoms with E-state index in [0.717, 1.165) is 54.6 Å². The Morgan fingerprint density at radius 3 is 2.74 bits per heavy atom. The number of hydrogen-bond acceptors (Lipinski definition) is 6. The number of hydrogen-bond donors (Lipinski definition) is 1. The third-order valence-electron chi connectivity index (χ3n) is 3.62. The van der Waals surface area contributed by atoms with Gasteiger partial charge in [0.25, 0.3) is 0 Å². The molecule has 102 valence electrons. The number of anilines is 1. The number of H-pyrrole nitrogens is 1. The third-order valence-corrected chi connectivity index (χ3v) is 4.30. The molecule has 0 aliphatic carbocycles. The largest absolute Gasteiger partial charge is 0.353 e. The van der Waals surface area contributed by atoms with E-state index in [2.05, 4.69) is 36.9 Å². The Hall–Kier alpha value is -1.34. The molecule has 0 bridgehead atoms. The predicted octanol–water partition coefficient (Wildman–Crippen LogP) is 1.22. The fourth-order valence-electron chi connectivity index (χ4n) is 2.48. The molecule has 0 radical (unpaired) electrons. The molecule has 19 heavy (non-hydrogen) atoms. The van der Waals surface area contributed by atoms with E-state index in [-0.39, 0.29) is 0 Å². The van der Waals surface area contributed by atoms with Gasteiger partial charge in [-0.05, 0) is 12.8 Å². The molecule has 0 aromatic carbocycles. The Morgan fingerprint density at radius 2 is 2.05 bits per heavy atom. The van der Waals surface area contributed by atoms with Crippen molar-refractivity contribution in [3.8, 4) is 0 Å². The number of rotatable bonds is 3. The third kappa shape index (κ3) is 2.28. The molecule has 0 saturated carbocycles. The number of fused-ring (bicyclic) bond motifs is 1. The Bertz CT molecular complexity index is 560. The molecule has 1 fully saturated rings. The smallest absolute Gasteiger partial charge is 0.161 e. The summed E-state index contributed by atoms with van der Waals surface area (Å²) in [5.41, 5.74) is 0.826. The van der Waals surface area contributed by atoms with Crippen molar-refractivity contribution < 1.29 is 0 Å². The summed E-state index contributed by atoms with van der Waals surface area (Å²) < 4.78 is 0. The summed E-state index contributed by atoms with van der Waals surface area (Å²) in [6.45, 7) is 7.54. The summed E-state index contributed by atoms with van der Waals surface area (Å²) in [6, 6.07) is 0. The van der Waals surface area contributed by atoms with Crippen LogP contribution in [0.4, 0.5) is 5.82 Å². The van der Waals surface area contributed by atoms with E-state index < -0.39 is 0 Å². The molecule has 6 nitrogen and oxygen atoms in total. The van der Waals surface area contributed by atoms with Crippen LogP contribution in [0, 0.1) is 0 Å². The molecule has 0 unspecified atom stereocenters. The first-order valence-corrected chi connectivity index (χ1v) is 7.76. The topological polar surface area (TPSA) is 60.9 Å². The van der Waals surface area contributed by atoms with E-state index in [1.165, 1.54) is 0 Å². The Labute approximate surface area is 116 Å². The minimum Gasteiger partial charge on any atom is -0.353 e. The lowest BCUT2D eigenvalue weighted by molar-refractivity contribution is 0.270. The zero-order chi connectivity index (χ0) is 13.2. The van der Waals surface area contributed by atoms with Gasteiger partial charge in [0, 0.05) is 26.2 Å². The SMILES string of the molecule is CCN1CCN(c2ncnc3[nH]nc(SC)c23)CC1. The van der Waals surface area contributed by atoms with Crippen LogP contribution >= 0.6 is 11.8 Å². The van der Waals surface area contributed by atoms with Gasteiger partial charge in [-0.15, -0.1) is 11.8 Å². The van der Waals surface area contributed by atoms with Gasteiger partial charge >= 0.3 is 0 Å². The van der Waals surface area contributed by atoms with Gasteiger partial charge in [0.1, 0.15) is 17.2 Å². The molecule has 0 spiro atoms. The lowest BCUT2D eigenvalue weighted by Gasteiger charge is -2.34. The minimum atomic E-state index is 0.826. The number of aromatic amines is 1. The van der Waals surface area contributed by atoms with Crippen LogP contribution in [0.15, 0.2) is 11.4 Å². The molecule has 3 heterocycles. The quantitative estimate of drug-likeness (QED) is 0.852. The number of aromatic nitrogens is 4. The highest BCUT2D eigenvalue weighted by molar-refractivity contribution is 7.98. The molecule has 1 saturated heterocycles. The average molecular weight is 278 g/mol. The first-order valence-electron chi connectivity index (χ1n) is 6.54. The minimum absolute atomic E-state index is 0.826. The van der Waals surface area contributed by atoms with Crippen LogP contribution in [-0.2, 0) is 0 Å². The zero-order valence-electron chi connectivity index (χ0n) is 11.3. The van der Waals surface area contributed by atoms with Crippen LogP contribution < -0.4 is 4.90 Å². The van der Waals surface area contributed by atoms with Gasteiger partial charge in [0.15, 0.2) is 5.65 Å². The molecule has 1 aliphatic rings. The maximum absolute atomic E-state index is 4.49. The van der Waals surface area contributed by atoms with Crippen molar-refractivity contribution in [1.82, 2.24) is 25.1 Å². The number of nitrogens with one attached hydrogen (secondary N) is 1. The molecule has 7 heteroatoms. The Kier molecular flexibility index (Phi) is 3.56. The van der Waals surface area contributed by atoms with Crippen molar-refractivity contribution in [3.63, 3.8) is 0 Å². The molecule has 1 aliphatic heterocycles. The number of likely N-dealkylation sites (N-methyl/N-ethyl adjacent to an activating group) is 1. The van der Waals surface area contributed by atoms with Gasteiger partial charge in [0.05, 0.1) is 5.39 Å². The van der Waals surface area contributed by atoms with Gasteiger partial charge in [-0.1, -0.05) is 6.92 Å². The predicted molar refractivity (Wildman–Crippen MR) is 77.8 cm³/mol. The number of nitrogens with zero attached hydrogens (tertiary/aromatic N) is 5. The van der Waals surface area contributed by atoms with E-state index in [1.54, 1.807) is 18.1 Å². The summed E-state index contributed by atoms with van der Waals surface area (Å²) in [7, 11) is 0. The van der Waals surface area contributed by atoms with Crippen molar-refractivity contribution in [2.24, 2.45) is 0 Å². The molecule has 3 rings (SSSR count). The molecule has 0 amide bonds. The number of thioether (sulfide) groups is 1. The van der Waals surface area contributed by atoms with E-state index in [4.69, 9.17) is 0 Å². The van der Waals surface area contributed by atoms with Gasteiger partial charge in [-0.25, -0.2) is 9.97 Å². The first kappa shape index (κ1) is 12.7. The van der Waals surface area contributed by atoms with Gasteiger partial charge < -0.3 is 9.80 Å². The van der Waals surface area contributed by atoms with Crippen molar-refractivity contribution in [3.05, 3.63) is 6.33 Å². The summed E-state index contributed by atoms with van der Waals surface area (Å²) in [5.74, 6) is 1.01. The second-order valence-corrected chi connectivity index (χ2v) is 5.37. The van der Waals surface area contributed by atoms with Crippen molar-refractivity contribution >= 4 is 28.6 Å². The second kappa shape index (κ2) is 5.34. The van der Waals surface area contributed by atoms with Crippen molar-refractivity contribution in [1.29, 1.82) is 0 Å². The molecule has 2 aromatic rings. The second-order valence-electron chi connectivity index (χ2n) is 4.58. The van der Waals surface area contributed by atoms with Crippen LogP contribution in [0.3, 0.4) is 0 Å². The van der Waals surface area contributed by atoms with Crippen LogP contribution in [0.1, 0.15) is 6.92 Å². The molecule has 1 N–H and O–H groups in total. The zero-order valence-corrected chi connectivity index (χ0v) is 12.1. The highest BCUT2D eigenvalue weighted by Gasteiger charge is 2.21. The standard InChI is InChI=1S/C12H18N6S/c1-3-17-4-6-18(7-5-17)11-9-10(13-8-14-11)15-16-12(9)19-2/h8H,3-7H2,1-2H3,(H,13,14,15,16). The van der Waals surface area contributed by atoms with Gasteiger partial charge in [-0.2, -0.15) is 5.10 Å². The van der Waals surface area contributed by atoms with E-state index >= 15 is 0 Å². The maximum Gasteiger partial charge on any atom is 0.161 e. The average Bonchev–Trinajstić information content (AvgIpc) is 2.90. The van der Waals surface area contributed by atoms with Crippen molar-refractivity contribution in [2.75, 3.05) is 43.9 Å². The summed E-state index contributed by atoms with van der Waals surface area (Å²) in [5, 5.41) is 9.31. The van der Waals surface area contributed by atoms with E-state index in [0.29, 0.717) is 0 Å². The first-order chi connectivity index (χ1) is 9.33. The normalized spacial score (nSPS) is 17.3. The summed E-state index contributed by atoms with van der Waals surface area (Å²) >= 11 is 1.63. The Balaban J connectivity index is 1.94. The van der Waals surface area contributed by atoms with E-state index in [1.807, 2.05) is 6.26 Å². The molecular formula is C12H18N6S. The van der Waals surface area contributed by atoms with E-state index in [9.17, 15) is 0 Å². The highest BCUT2D eigenvalue weighted by atomic mass is 32.2. The van der Waals surface area contributed by atoms with Crippen LogP contribution in [0.2, 0.25) is 0 Å². The molecule has 0 atom stereocenters. The lowest BCUT2D eigenvalue weighted by atomic mass is 10.3. The Morgan fingerprint density at radius 1 is 1.26 bits per heavy atom. The fourth-order valence-corrected chi connectivity index (χ4v) is 3.01. The fraction of sp³-hybridized carbons (Fsp3) is 0.583. The van der Waals surface area contributed by atoms with Crippen LogP contribution in [-0.4, -0.2) is 64.0 Å². The highest BCUT2D eigenvalue weighted by Crippen LogP contribution is 2.30. The van der Waals surface area contributed by atoms with Gasteiger partial charge in [-0.3, -0.25) is 5.10 Å². The summed E-state index contributed by atoms with van der Waals surface area (Å²) in [6.07, 6.45) is 3.65. The molecule has 2 aromatic heterocycles. The maximum atomic E-state index is 4.49.